The molecule has 1 atom stereocenters. The first-order valence-corrected chi connectivity index (χ1v) is 9.07. The third-order valence-corrected chi connectivity index (χ3v) is 4.52. The van der Waals surface area contributed by atoms with E-state index in [1.807, 2.05) is 0 Å². The van der Waals surface area contributed by atoms with E-state index in [9.17, 15) is 27.9 Å². The number of nitrogens with zero attached hydrogens (tertiary/aromatic N) is 2. The molecular weight excluding hydrogens is 417 g/mol. The molecule has 11 heteroatoms. The van der Waals surface area contributed by atoms with Gasteiger partial charge in [0.25, 0.3) is 5.91 Å². The molecule has 2 heterocycles. The minimum atomic E-state index is -5.10. The fraction of sp³-hybridized carbons (Fsp3) is 0.250. The minimum absolute atomic E-state index is 0.0697. The van der Waals surface area contributed by atoms with Gasteiger partial charge in [0.05, 0.1) is 12.7 Å². The second-order valence-corrected chi connectivity index (χ2v) is 6.80. The lowest BCUT2D eigenvalue weighted by atomic mass is 9.97. The SMILES string of the molecule is Cn1ccnc1C(O)(CC(=O)NCc1ccc(NC(=O)c2ccco2)cc1)C(F)(F)F. The summed E-state index contributed by atoms with van der Waals surface area (Å²) in [5, 5.41) is 15.2. The Kier molecular flexibility index (Phi) is 6.16. The Hall–Kier alpha value is -3.60. The predicted molar refractivity (Wildman–Crippen MR) is 103 cm³/mol. The van der Waals surface area contributed by atoms with Crippen LogP contribution in [0.25, 0.3) is 0 Å². The van der Waals surface area contributed by atoms with Crippen molar-refractivity contribution in [3.8, 4) is 0 Å². The van der Waals surface area contributed by atoms with Crippen LogP contribution in [0.3, 0.4) is 0 Å². The molecule has 0 radical (unpaired) electrons. The predicted octanol–water partition coefficient (Wildman–Crippen LogP) is 2.72. The van der Waals surface area contributed by atoms with Crippen LogP contribution in [-0.4, -0.2) is 32.6 Å². The molecule has 8 nitrogen and oxygen atoms in total. The van der Waals surface area contributed by atoms with Crippen LogP contribution in [0.4, 0.5) is 18.9 Å². The maximum atomic E-state index is 13.5. The number of halogens is 3. The van der Waals surface area contributed by atoms with E-state index >= 15 is 0 Å². The number of amides is 2. The number of aryl methyl sites for hydroxylation is 1. The second-order valence-electron chi connectivity index (χ2n) is 6.80. The molecular formula is C20H19F3N4O4. The van der Waals surface area contributed by atoms with Crippen molar-refractivity contribution in [2.75, 3.05) is 5.32 Å². The molecule has 0 saturated carbocycles. The first kappa shape index (κ1) is 22.1. The molecule has 31 heavy (non-hydrogen) atoms. The summed E-state index contributed by atoms with van der Waals surface area (Å²) >= 11 is 0. The zero-order valence-electron chi connectivity index (χ0n) is 16.3. The van der Waals surface area contributed by atoms with Crippen molar-refractivity contribution in [1.29, 1.82) is 0 Å². The number of nitrogens with one attached hydrogen (secondary N) is 2. The van der Waals surface area contributed by atoms with Gasteiger partial charge in [0, 0.05) is 31.7 Å². The van der Waals surface area contributed by atoms with Crippen molar-refractivity contribution in [3.63, 3.8) is 0 Å². The molecule has 2 amide bonds. The summed E-state index contributed by atoms with van der Waals surface area (Å²) in [4.78, 5) is 27.6. The highest BCUT2D eigenvalue weighted by Gasteiger charge is 2.58. The summed E-state index contributed by atoms with van der Waals surface area (Å²) in [5.74, 6) is -1.97. The highest BCUT2D eigenvalue weighted by molar-refractivity contribution is 6.02. The molecule has 0 bridgehead atoms. The average molecular weight is 436 g/mol. The third-order valence-electron chi connectivity index (χ3n) is 4.52. The van der Waals surface area contributed by atoms with Crippen molar-refractivity contribution in [2.24, 2.45) is 7.05 Å². The van der Waals surface area contributed by atoms with Crippen molar-refractivity contribution in [2.45, 2.75) is 24.7 Å². The van der Waals surface area contributed by atoms with E-state index in [0.717, 1.165) is 10.8 Å². The van der Waals surface area contributed by atoms with E-state index in [4.69, 9.17) is 4.42 Å². The molecule has 3 rings (SSSR count). The van der Waals surface area contributed by atoms with Gasteiger partial charge in [-0.05, 0) is 29.8 Å². The second kappa shape index (κ2) is 8.64. The quantitative estimate of drug-likeness (QED) is 0.528. The van der Waals surface area contributed by atoms with Gasteiger partial charge in [0.15, 0.2) is 11.6 Å². The first-order chi connectivity index (χ1) is 14.6. The van der Waals surface area contributed by atoms with E-state index in [-0.39, 0.29) is 12.3 Å². The monoisotopic (exact) mass is 436 g/mol. The molecule has 0 spiro atoms. The fourth-order valence-electron chi connectivity index (χ4n) is 2.87. The molecule has 1 aromatic carbocycles. The number of aromatic nitrogens is 2. The van der Waals surface area contributed by atoms with Gasteiger partial charge in [-0.25, -0.2) is 4.98 Å². The van der Waals surface area contributed by atoms with Crippen LogP contribution in [0.5, 0.6) is 0 Å². The highest BCUT2D eigenvalue weighted by Crippen LogP contribution is 2.40. The normalized spacial score (nSPS) is 13.5. The number of rotatable bonds is 7. The molecule has 0 saturated heterocycles. The molecule has 0 aliphatic heterocycles. The van der Waals surface area contributed by atoms with Crippen LogP contribution in [0.2, 0.25) is 0 Å². The standard InChI is InChI=1S/C20H19F3N4O4/c1-27-9-8-24-18(27)19(30,20(21,22)23)11-16(28)25-12-13-4-6-14(7-5-13)26-17(29)15-3-2-10-31-15/h2-10,30H,11-12H2,1H3,(H,25,28)(H,26,29). The van der Waals surface area contributed by atoms with E-state index in [1.165, 1.54) is 25.6 Å². The van der Waals surface area contributed by atoms with Crippen LogP contribution in [-0.2, 0) is 24.0 Å². The molecule has 2 aromatic heterocycles. The van der Waals surface area contributed by atoms with Gasteiger partial charge in [0.2, 0.25) is 11.5 Å². The number of aliphatic hydroxyl groups is 1. The van der Waals surface area contributed by atoms with Crippen LogP contribution in [0, 0.1) is 0 Å². The molecule has 0 aliphatic rings. The molecule has 0 fully saturated rings. The molecule has 1 unspecified atom stereocenters. The Balaban J connectivity index is 1.60. The number of benzene rings is 1. The number of hydrogen-bond donors (Lipinski definition) is 3. The zero-order chi connectivity index (χ0) is 22.6. The number of hydrogen-bond acceptors (Lipinski definition) is 5. The van der Waals surface area contributed by atoms with Crippen LogP contribution in [0.1, 0.15) is 28.4 Å². The number of anilines is 1. The van der Waals surface area contributed by atoms with Crippen molar-refractivity contribution >= 4 is 17.5 Å². The van der Waals surface area contributed by atoms with Gasteiger partial charge in [-0.15, -0.1) is 0 Å². The maximum Gasteiger partial charge on any atom is 0.425 e. The summed E-state index contributed by atoms with van der Waals surface area (Å²) < 4.78 is 46.5. The van der Waals surface area contributed by atoms with Crippen molar-refractivity contribution in [1.82, 2.24) is 14.9 Å². The molecule has 0 aliphatic carbocycles. The third kappa shape index (κ3) is 4.94. The lowest BCUT2D eigenvalue weighted by Gasteiger charge is -2.29. The summed E-state index contributed by atoms with van der Waals surface area (Å²) in [6.45, 7) is -0.0697. The summed E-state index contributed by atoms with van der Waals surface area (Å²) in [5.41, 5.74) is -2.37. The fourth-order valence-corrected chi connectivity index (χ4v) is 2.87. The Morgan fingerprint density at radius 3 is 2.45 bits per heavy atom. The van der Waals surface area contributed by atoms with Crippen molar-refractivity contribution < 1.29 is 32.3 Å². The van der Waals surface area contributed by atoms with Gasteiger partial charge in [-0.3, -0.25) is 9.59 Å². The summed E-state index contributed by atoms with van der Waals surface area (Å²) in [7, 11) is 1.29. The maximum absolute atomic E-state index is 13.5. The van der Waals surface area contributed by atoms with Gasteiger partial charge in [0.1, 0.15) is 0 Å². The molecule has 164 valence electrons. The minimum Gasteiger partial charge on any atom is -0.459 e. The van der Waals surface area contributed by atoms with E-state index < -0.39 is 35.8 Å². The van der Waals surface area contributed by atoms with E-state index in [1.54, 1.807) is 30.3 Å². The van der Waals surface area contributed by atoms with E-state index in [2.05, 4.69) is 15.6 Å². The largest absolute Gasteiger partial charge is 0.459 e. The Bertz CT molecular complexity index is 1050. The lowest BCUT2D eigenvalue weighted by molar-refractivity contribution is -0.271. The number of furan rings is 1. The number of carbonyl (C=O) groups excluding carboxylic acids is 2. The van der Waals surface area contributed by atoms with E-state index in [0.29, 0.717) is 11.3 Å². The van der Waals surface area contributed by atoms with Gasteiger partial charge in [-0.2, -0.15) is 13.2 Å². The lowest BCUT2D eigenvalue weighted by Crippen LogP contribution is -2.47. The summed E-state index contributed by atoms with van der Waals surface area (Å²) in [6.07, 6.45) is -2.61. The zero-order valence-corrected chi connectivity index (χ0v) is 16.3. The number of carbonyl (C=O) groups is 2. The topological polar surface area (TPSA) is 109 Å². The first-order valence-electron chi connectivity index (χ1n) is 9.07. The van der Waals surface area contributed by atoms with Gasteiger partial charge < -0.3 is 24.7 Å². The van der Waals surface area contributed by atoms with Gasteiger partial charge in [-0.1, -0.05) is 12.1 Å². The Morgan fingerprint density at radius 1 is 1.19 bits per heavy atom. The number of imidazole rings is 1. The molecule has 3 aromatic rings. The van der Waals surface area contributed by atoms with Crippen LogP contribution >= 0.6 is 0 Å². The van der Waals surface area contributed by atoms with Crippen LogP contribution in [0.15, 0.2) is 59.5 Å². The number of alkyl halides is 3. The average Bonchev–Trinajstić information content (AvgIpc) is 3.38. The van der Waals surface area contributed by atoms with Crippen molar-refractivity contribution in [3.05, 3.63) is 72.2 Å². The Morgan fingerprint density at radius 2 is 1.90 bits per heavy atom. The van der Waals surface area contributed by atoms with Crippen LogP contribution < -0.4 is 10.6 Å². The Labute approximate surface area is 174 Å². The smallest absolute Gasteiger partial charge is 0.425 e. The summed E-state index contributed by atoms with van der Waals surface area (Å²) in [6, 6.07) is 9.41. The highest BCUT2D eigenvalue weighted by atomic mass is 19.4. The van der Waals surface area contributed by atoms with Gasteiger partial charge >= 0.3 is 6.18 Å². The molecule has 3 N–H and O–H groups in total.